The van der Waals surface area contributed by atoms with E-state index in [1.807, 2.05) is 36.4 Å². The standard InChI is InChI=1S/C43H27N5/c1-3-13-28(14-4-1)36-27-37(29-15-5-2-6-16-29)45-42(44-36)30-23-25-31(26-24-30)47-38-21-11-9-19-34(38)41-40(47)32-17-7-8-18-33(32)43-46-35-20-10-12-22-39(35)48(41)43/h1-27H. The van der Waals surface area contributed by atoms with E-state index in [1.54, 1.807) is 0 Å². The predicted molar refractivity (Wildman–Crippen MR) is 196 cm³/mol. The summed E-state index contributed by atoms with van der Waals surface area (Å²) >= 11 is 0. The molecule has 0 bridgehead atoms. The quantitative estimate of drug-likeness (QED) is 0.198. The number of hydrogen-bond donors (Lipinski definition) is 0. The Kier molecular flexibility index (Phi) is 5.81. The van der Waals surface area contributed by atoms with Crippen LogP contribution < -0.4 is 0 Å². The van der Waals surface area contributed by atoms with Crippen molar-refractivity contribution in [2.45, 2.75) is 0 Å². The normalized spacial score (nSPS) is 11.8. The van der Waals surface area contributed by atoms with Gasteiger partial charge >= 0.3 is 0 Å². The zero-order chi connectivity index (χ0) is 31.6. The fourth-order valence-corrected chi connectivity index (χ4v) is 7.13. The molecule has 4 heterocycles. The average Bonchev–Trinajstić information content (AvgIpc) is 3.72. The van der Waals surface area contributed by atoms with E-state index in [0.29, 0.717) is 5.82 Å². The van der Waals surface area contributed by atoms with Crippen molar-refractivity contribution in [3.05, 3.63) is 164 Å². The van der Waals surface area contributed by atoms with Gasteiger partial charge in [-0.2, -0.15) is 0 Å². The summed E-state index contributed by atoms with van der Waals surface area (Å²) in [6, 6.07) is 57.0. The van der Waals surface area contributed by atoms with Gasteiger partial charge in [0.2, 0.25) is 0 Å². The molecule has 0 spiro atoms. The second-order valence-electron chi connectivity index (χ2n) is 12.1. The number of para-hydroxylation sites is 3. The van der Waals surface area contributed by atoms with E-state index in [9.17, 15) is 0 Å². The number of pyridine rings is 1. The van der Waals surface area contributed by atoms with Crippen LogP contribution in [0.4, 0.5) is 0 Å². The second-order valence-corrected chi connectivity index (χ2v) is 12.1. The molecule has 0 unspecified atom stereocenters. The summed E-state index contributed by atoms with van der Waals surface area (Å²) < 4.78 is 4.73. The lowest BCUT2D eigenvalue weighted by Crippen LogP contribution is -1.98. The minimum atomic E-state index is 0.695. The van der Waals surface area contributed by atoms with Gasteiger partial charge in [-0.1, -0.05) is 115 Å². The summed E-state index contributed by atoms with van der Waals surface area (Å²) in [5.74, 6) is 0.695. The highest BCUT2D eigenvalue weighted by atomic mass is 15.1. The summed E-state index contributed by atoms with van der Waals surface area (Å²) in [5.41, 5.74) is 12.5. The Balaban J connectivity index is 1.21. The van der Waals surface area contributed by atoms with Crippen molar-refractivity contribution >= 4 is 49.4 Å². The molecule has 0 saturated carbocycles. The Labute approximate surface area is 276 Å². The van der Waals surface area contributed by atoms with Gasteiger partial charge in [-0.3, -0.25) is 4.40 Å². The number of fused-ring (bicyclic) bond motifs is 10. The first-order valence-electron chi connectivity index (χ1n) is 16.1. The minimum absolute atomic E-state index is 0.695. The van der Waals surface area contributed by atoms with Crippen molar-refractivity contribution in [1.82, 2.24) is 23.9 Å². The number of rotatable bonds is 4. The first kappa shape index (κ1) is 26.6. The van der Waals surface area contributed by atoms with Crippen molar-refractivity contribution in [1.29, 1.82) is 0 Å². The number of benzene rings is 6. The van der Waals surface area contributed by atoms with E-state index in [-0.39, 0.29) is 0 Å². The molecule has 0 fully saturated rings. The summed E-state index contributed by atoms with van der Waals surface area (Å²) in [7, 11) is 0. The third kappa shape index (κ3) is 4.01. The van der Waals surface area contributed by atoms with E-state index < -0.39 is 0 Å². The smallest absolute Gasteiger partial charge is 0.160 e. The van der Waals surface area contributed by atoms with Crippen LogP contribution in [0.5, 0.6) is 0 Å². The molecule has 10 aromatic rings. The van der Waals surface area contributed by atoms with Crippen LogP contribution in [0.2, 0.25) is 0 Å². The second kappa shape index (κ2) is 10.5. The molecule has 224 valence electrons. The summed E-state index contributed by atoms with van der Waals surface area (Å²) in [6.07, 6.45) is 0. The maximum absolute atomic E-state index is 5.13. The largest absolute Gasteiger partial charge is 0.307 e. The Morgan fingerprint density at radius 1 is 0.396 bits per heavy atom. The predicted octanol–water partition coefficient (Wildman–Crippen LogP) is 10.5. The zero-order valence-electron chi connectivity index (χ0n) is 25.8. The number of aromatic nitrogens is 5. The van der Waals surface area contributed by atoms with E-state index in [4.69, 9.17) is 15.0 Å². The van der Waals surface area contributed by atoms with Crippen LogP contribution in [0.3, 0.4) is 0 Å². The molecule has 5 heteroatoms. The molecular weight excluding hydrogens is 587 g/mol. The Morgan fingerprint density at radius 2 is 0.958 bits per heavy atom. The fourth-order valence-electron chi connectivity index (χ4n) is 7.13. The molecule has 0 amide bonds. The Morgan fingerprint density at radius 3 is 1.65 bits per heavy atom. The van der Waals surface area contributed by atoms with Gasteiger partial charge in [-0.25, -0.2) is 15.0 Å². The molecule has 6 aromatic carbocycles. The highest BCUT2D eigenvalue weighted by Crippen LogP contribution is 2.40. The summed E-state index contributed by atoms with van der Waals surface area (Å²) in [5, 5.41) is 3.48. The topological polar surface area (TPSA) is 48.0 Å². The van der Waals surface area contributed by atoms with E-state index >= 15 is 0 Å². The monoisotopic (exact) mass is 613 g/mol. The Hall–Kier alpha value is -6.59. The molecule has 48 heavy (non-hydrogen) atoms. The van der Waals surface area contributed by atoms with Crippen molar-refractivity contribution in [3.8, 4) is 39.6 Å². The molecule has 10 rings (SSSR count). The molecule has 0 N–H and O–H groups in total. The molecule has 5 nitrogen and oxygen atoms in total. The van der Waals surface area contributed by atoms with Gasteiger partial charge in [0.25, 0.3) is 0 Å². The summed E-state index contributed by atoms with van der Waals surface area (Å²) in [4.78, 5) is 15.2. The number of imidazole rings is 1. The highest BCUT2D eigenvalue weighted by molar-refractivity contribution is 6.21. The molecule has 0 radical (unpaired) electrons. The lowest BCUT2D eigenvalue weighted by molar-refractivity contribution is 1.16. The van der Waals surface area contributed by atoms with Crippen molar-refractivity contribution in [2.24, 2.45) is 0 Å². The molecule has 0 aliphatic heterocycles. The van der Waals surface area contributed by atoms with Crippen LogP contribution in [-0.2, 0) is 0 Å². The fraction of sp³-hybridized carbons (Fsp3) is 0. The van der Waals surface area contributed by atoms with Crippen molar-refractivity contribution in [3.63, 3.8) is 0 Å². The van der Waals surface area contributed by atoms with Crippen LogP contribution in [0.15, 0.2) is 164 Å². The first-order chi connectivity index (χ1) is 23.8. The average molecular weight is 614 g/mol. The van der Waals surface area contributed by atoms with Gasteiger partial charge in [0.05, 0.1) is 39.0 Å². The third-order valence-corrected chi connectivity index (χ3v) is 9.30. The molecule has 0 atom stereocenters. The molecular formula is C43H27N5. The van der Waals surface area contributed by atoms with Gasteiger partial charge in [0, 0.05) is 38.5 Å². The summed E-state index contributed by atoms with van der Waals surface area (Å²) in [6.45, 7) is 0. The van der Waals surface area contributed by atoms with Crippen molar-refractivity contribution in [2.75, 3.05) is 0 Å². The van der Waals surface area contributed by atoms with E-state index in [0.717, 1.165) is 72.4 Å². The minimum Gasteiger partial charge on any atom is -0.307 e. The molecule has 0 saturated heterocycles. The SMILES string of the molecule is c1ccc(-c2cc(-c3ccccc3)nc(-c3ccc(-n4c5ccccc5c5c4c4ccccc4c4nc6ccccc6n45)cc3)n2)cc1. The van der Waals surface area contributed by atoms with E-state index in [2.05, 4.69) is 136 Å². The molecule has 0 aliphatic rings. The molecule has 0 aliphatic carbocycles. The van der Waals surface area contributed by atoms with Crippen LogP contribution >= 0.6 is 0 Å². The lowest BCUT2D eigenvalue weighted by Gasteiger charge is -2.12. The van der Waals surface area contributed by atoms with Gasteiger partial charge in [0.15, 0.2) is 5.82 Å². The van der Waals surface area contributed by atoms with Crippen LogP contribution in [0.25, 0.3) is 89.0 Å². The number of nitrogens with zero attached hydrogens (tertiary/aromatic N) is 5. The zero-order valence-corrected chi connectivity index (χ0v) is 25.8. The van der Waals surface area contributed by atoms with Crippen LogP contribution in [-0.4, -0.2) is 23.9 Å². The Bertz CT molecular complexity index is 2760. The first-order valence-corrected chi connectivity index (χ1v) is 16.1. The maximum Gasteiger partial charge on any atom is 0.160 e. The van der Waals surface area contributed by atoms with Gasteiger partial charge in [-0.05, 0) is 48.5 Å². The van der Waals surface area contributed by atoms with Crippen LogP contribution in [0.1, 0.15) is 0 Å². The van der Waals surface area contributed by atoms with Crippen molar-refractivity contribution < 1.29 is 0 Å². The van der Waals surface area contributed by atoms with Gasteiger partial charge in [0.1, 0.15) is 5.65 Å². The van der Waals surface area contributed by atoms with Gasteiger partial charge < -0.3 is 4.57 Å². The molecule has 4 aromatic heterocycles. The van der Waals surface area contributed by atoms with E-state index in [1.165, 1.54) is 10.8 Å². The maximum atomic E-state index is 5.13. The lowest BCUT2D eigenvalue weighted by atomic mass is 10.1. The van der Waals surface area contributed by atoms with Gasteiger partial charge in [-0.15, -0.1) is 0 Å². The van der Waals surface area contributed by atoms with Crippen LogP contribution in [0, 0.1) is 0 Å². The number of hydrogen-bond acceptors (Lipinski definition) is 3. The third-order valence-electron chi connectivity index (χ3n) is 9.30. The highest BCUT2D eigenvalue weighted by Gasteiger charge is 2.21.